The Morgan fingerprint density at radius 3 is 2.15 bits per heavy atom. The number of aliphatic hydroxyl groups excluding tert-OH is 1. The van der Waals surface area contributed by atoms with E-state index >= 15 is 0 Å². The molecular formula is C23H32O4. The van der Waals surface area contributed by atoms with Gasteiger partial charge in [-0.25, -0.2) is 0 Å². The van der Waals surface area contributed by atoms with Gasteiger partial charge in [0.2, 0.25) is 0 Å². The van der Waals surface area contributed by atoms with Gasteiger partial charge in [0, 0.05) is 12.8 Å². The topological polar surface area (TPSA) is 71.4 Å². The fourth-order valence-corrected chi connectivity index (χ4v) is 3.73. The molecule has 0 bridgehead atoms. The van der Waals surface area contributed by atoms with Crippen LogP contribution in [0.2, 0.25) is 0 Å². The summed E-state index contributed by atoms with van der Waals surface area (Å²) in [5.74, 6) is -2.40. The highest BCUT2D eigenvalue weighted by molar-refractivity contribution is 6.21. The summed E-state index contributed by atoms with van der Waals surface area (Å²) < 4.78 is 0. The van der Waals surface area contributed by atoms with Crippen molar-refractivity contribution in [3.63, 3.8) is 0 Å². The number of ketones is 3. The van der Waals surface area contributed by atoms with Crippen molar-refractivity contribution in [2.24, 2.45) is 5.92 Å². The Kier molecular flexibility index (Phi) is 9.40. The molecule has 4 heteroatoms. The Morgan fingerprint density at radius 2 is 1.48 bits per heavy atom. The molecule has 1 fully saturated rings. The fraction of sp³-hybridized carbons (Fsp3) is 0.609. The Bertz CT molecular complexity index is 608. The number of benzene rings is 1. The van der Waals surface area contributed by atoms with Gasteiger partial charge in [-0.3, -0.25) is 14.4 Å². The smallest absolute Gasteiger partial charge is 0.179 e. The number of rotatable bonds is 12. The molecule has 1 aromatic carbocycles. The third-order valence-corrected chi connectivity index (χ3v) is 5.40. The second-order valence-electron chi connectivity index (χ2n) is 7.64. The molecule has 1 aromatic rings. The van der Waals surface area contributed by atoms with Crippen LogP contribution in [0.4, 0.5) is 0 Å². The molecule has 1 aliphatic rings. The van der Waals surface area contributed by atoms with Gasteiger partial charge in [0.1, 0.15) is 12.0 Å². The number of Topliss-reactive ketones (excluding diaryl/α,β-unsaturated/α-hetero) is 3. The Hall–Kier alpha value is -1.81. The standard InChI is InChI=1S/C23H32O4/c24-19(22-20(25)16-17-21(26)23(22)27)15-11-6-4-2-1-3-5-8-12-18-13-9-7-10-14-18/h7,9-10,13-14,21-22,26H,1-6,8,11-12,15-17H2. The number of carbonyl (C=O) groups is 3. The normalized spacial score (nSPS) is 20.0. The molecule has 0 spiro atoms. The summed E-state index contributed by atoms with van der Waals surface area (Å²) >= 11 is 0. The van der Waals surface area contributed by atoms with E-state index in [4.69, 9.17) is 0 Å². The Balaban J connectivity index is 1.47. The Labute approximate surface area is 162 Å². The second-order valence-corrected chi connectivity index (χ2v) is 7.64. The van der Waals surface area contributed by atoms with Gasteiger partial charge in [0.25, 0.3) is 0 Å². The molecule has 1 N–H and O–H groups in total. The molecule has 2 unspecified atom stereocenters. The first-order valence-electron chi connectivity index (χ1n) is 10.4. The molecular weight excluding hydrogens is 340 g/mol. The predicted molar refractivity (Wildman–Crippen MR) is 105 cm³/mol. The van der Waals surface area contributed by atoms with E-state index in [1.54, 1.807) is 0 Å². The van der Waals surface area contributed by atoms with Crippen LogP contribution in [0.15, 0.2) is 30.3 Å². The van der Waals surface area contributed by atoms with Gasteiger partial charge >= 0.3 is 0 Å². The van der Waals surface area contributed by atoms with Gasteiger partial charge in [-0.15, -0.1) is 0 Å². The lowest BCUT2D eigenvalue weighted by atomic mass is 9.81. The van der Waals surface area contributed by atoms with Gasteiger partial charge in [0.05, 0.1) is 0 Å². The van der Waals surface area contributed by atoms with Crippen molar-refractivity contribution in [2.75, 3.05) is 0 Å². The summed E-state index contributed by atoms with van der Waals surface area (Å²) in [5.41, 5.74) is 1.41. The maximum absolute atomic E-state index is 12.1. The van der Waals surface area contributed by atoms with Crippen LogP contribution in [0.3, 0.4) is 0 Å². The lowest BCUT2D eigenvalue weighted by Gasteiger charge is -2.22. The van der Waals surface area contributed by atoms with E-state index in [1.165, 1.54) is 37.7 Å². The molecule has 2 rings (SSSR count). The lowest BCUT2D eigenvalue weighted by Crippen LogP contribution is -2.43. The quantitative estimate of drug-likeness (QED) is 0.440. The van der Waals surface area contributed by atoms with Crippen LogP contribution in [-0.4, -0.2) is 28.6 Å². The SMILES string of the molecule is O=C(CCCCCCCCCCc1ccccc1)C1C(=O)CCC(O)C1=O. The number of aliphatic hydroxyl groups is 1. The summed E-state index contributed by atoms with van der Waals surface area (Å²) in [6.07, 6.45) is 9.44. The van der Waals surface area contributed by atoms with E-state index in [9.17, 15) is 19.5 Å². The van der Waals surface area contributed by atoms with Crippen LogP contribution >= 0.6 is 0 Å². The summed E-state index contributed by atoms with van der Waals surface area (Å²) in [6, 6.07) is 10.6. The number of hydrogen-bond donors (Lipinski definition) is 1. The van der Waals surface area contributed by atoms with E-state index in [2.05, 4.69) is 24.3 Å². The van der Waals surface area contributed by atoms with E-state index < -0.39 is 17.8 Å². The zero-order chi connectivity index (χ0) is 19.5. The molecule has 1 saturated carbocycles. The van der Waals surface area contributed by atoms with Crippen molar-refractivity contribution in [3.8, 4) is 0 Å². The number of carbonyl (C=O) groups excluding carboxylic acids is 3. The van der Waals surface area contributed by atoms with Crippen LogP contribution < -0.4 is 0 Å². The van der Waals surface area contributed by atoms with Crippen molar-refractivity contribution in [1.29, 1.82) is 0 Å². The molecule has 0 saturated heterocycles. The predicted octanol–water partition coefficient (Wildman–Crippen LogP) is 4.22. The third kappa shape index (κ3) is 7.37. The zero-order valence-corrected chi connectivity index (χ0v) is 16.2. The average molecular weight is 373 g/mol. The lowest BCUT2D eigenvalue weighted by molar-refractivity contribution is -0.147. The van der Waals surface area contributed by atoms with Gasteiger partial charge in [-0.1, -0.05) is 68.9 Å². The highest BCUT2D eigenvalue weighted by Crippen LogP contribution is 2.21. The minimum Gasteiger partial charge on any atom is -0.385 e. The van der Waals surface area contributed by atoms with Crippen LogP contribution in [0.25, 0.3) is 0 Å². The third-order valence-electron chi connectivity index (χ3n) is 5.40. The van der Waals surface area contributed by atoms with Crippen molar-refractivity contribution < 1.29 is 19.5 Å². The van der Waals surface area contributed by atoms with E-state index in [1.807, 2.05) is 6.07 Å². The highest BCUT2D eigenvalue weighted by Gasteiger charge is 2.40. The highest BCUT2D eigenvalue weighted by atomic mass is 16.3. The first kappa shape index (κ1) is 21.5. The molecule has 0 aliphatic heterocycles. The molecule has 148 valence electrons. The zero-order valence-electron chi connectivity index (χ0n) is 16.2. The van der Waals surface area contributed by atoms with Gasteiger partial charge in [-0.05, 0) is 31.2 Å². The summed E-state index contributed by atoms with van der Waals surface area (Å²) in [5, 5.41) is 9.56. The number of aryl methyl sites for hydroxylation is 1. The van der Waals surface area contributed by atoms with E-state index in [-0.39, 0.29) is 30.8 Å². The molecule has 1 aliphatic carbocycles. The van der Waals surface area contributed by atoms with E-state index in [0.717, 1.165) is 25.7 Å². The van der Waals surface area contributed by atoms with Gasteiger partial charge < -0.3 is 5.11 Å². The second kappa shape index (κ2) is 11.8. The van der Waals surface area contributed by atoms with Crippen LogP contribution in [0.1, 0.15) is 76.2 Å². The van der Waals surface area contributed by atoms with Crippen molar-refractivity contribution >= 4 is 17.3 Å². The molecule has 27 heavy (non-hydrogen) atoms. The van der Waals surface area contributed by atoms with Crippen LogP contribution in [0.5, 0.6) is 0 Å². The minimum absolute atomic E-state index is 0.133. The molecule has 2 atom stereocenters. The fourth-order valence-electron chi connectivity index (χ4n) is 3.73. The molecule has 4 nitrogen and oxygen atoms in total. The van der Waals surface area contributed by atoms with Crippen LogP contribution in [0, 0.1) is 5.92 Å². The molecule has 0 aromatic heterocycles. The maximum atomic E-state index is 12.1. The summed E-state index contributed by atoms with van der Waals surface area (Å²) in [6.45, 7) is 0. The molecule has 0 amide bonds. The van der Waals surface area contributed by atoms with Crippen molar-refractivity contribution in [2.45, 2.75) is 83.2 Å². The first-order valence-corrected chi connectivity index (χ1v) is 10.4. The van der Waals surface area contributed by atoms with E-state index in [0.29, 0.717) is 0 Å². The maximum Gasteiger partial charge on any atom is 0.179 e. The van der Waals surface area contributed by atoms with Crippen molar-refractivity contribution in [3.05, 3.63) is 35.9 Å². The summed E-state index contributed by atoms with van der Waals surface area (Å²) in [7, 11) is 0. The van der Waals surface area contributed by atoms with Crippen molar-refractivity contribution in [1.82, 2.24) is 0 Å². The number of unbranched alkanes of at least 4 members (excludes halogenated alkanes) is 7. The molecule has 0 heterocycles. The first-order chi connectivity index (χ1) is 13.1. The Morgan fingerprint density at radius 1 is 0.889 bits per heavy atom. The summed E-state index contributed by atoms with van der Waals surface area (Å²) in [4.78, 5) is 35.8. The van der Waals surface area contributed by atoms with Gasteiger partial charge in [0.15, 0.2) is 17.3 Å². The monoisotopic (exact) mass is 372 g/mol. The van der Waals surface area contributed by atoms with Crippen LogP contribution in [-0.2, 0) is 20.8 Å². The number of hydrogen-bond acceptors (Lipinski definition) is 4. The average Bonchev–Trinajstić information content (AvgIpc) is 2.67. The molecule has 0 radical (unpaired) electrons. The largest absolute Gasteiger partial charge is 0.385 e. The minimum atomic E-state index is -1.20. The van der Waals surface area contributed by atoms with Gasteiger partial charge in [-0.2, -0.15) is 0 Å².